The van der Waals surface area contributed by atoms with Gasteiger partial charge < -0.3 is 9.47 Å². The summed E-state index contributed by atoms with van der Waals surface area (Å²) in [5.41, 5.74) is 0.586. The van der Waals surface area contributed by atoms with Crippen molar-refractivity contribution in [2.75, 3.05) is 14.2 Å². The van der Waals surface area contributed by atoms with Gasteiger partial charge in [0.15, 0.2) is 6.29 Å². The second kappa shape index (κ2) is 5.19. The van der Waals surface area contributed by atoms with Gasteiger partial charge in [-0.15, -0.1) is 0 Å². The quantitative estimate of drug-likeness (QED) is 0.762. The summed E-state index contributed by atoms with van der Waals surface area (Å²) < 4.78 is 10.1. The Kier molecular flexibility index (Phi) is 4.48. The number of halogens is 3. The highest BCUT2D eigenvalue weighted by Crippen LogP contribution is 2.35. The van der Waals surface area contributed by atoms with Gasteiger partial charge in [-0.2, -0.15) is 0 Å². The van der Waals surface area contributed by atoms with Crippen LogP contribution in [0.5, 0.6) is 0 Å². The van der Waals surface area contributed by atoms with Crippen LogP contribution in [0.15, 0.2) is 12.1 Å². The molecule has 0 saturated carbocycles. The van der Waals surface area contributed by atoms with E-state index in [4.69, 9.17) is 44.3 Å². The van der Waals surface area contributed by atoms with Crippen molar-refractivity contribution in [3.63, 3.8) is 0 Å². The van der Waals surface area contributed by atoms with Gasteiger partial charge in [0.2, 0.25) is 0 Å². The molecule has 0 aliphatic heterocycles. The van der Waals surface area contributed by atoms with Gasteiger partial charge >= 0.3 is 0 Å². The number of benzene rings is 1. The molecule has 1 aromatic carbocycles. The van der Waals surface area contributed by atoms with Crippen LogP contribution in [0.2, 0.25) is 15.1 Å². The standard InChI is InChI=1S/C9H9Cl3O2/c1-13-9(14-2)8-6(11)3-5(10)4-7(8)12/h3-4,9H,1-2H3. The maximum Gasteiger partial charge on any atom is 0.186 e. The van der Waals surface area contributed by atoms with Gasteiger partial charge in [-0.05, 0) is 12.1 Å². The maximum atomic E-state index is 5.96. The van der Waals surface area contributed by atoms with E-state index in [0.29, 0.717) is 20.6 Å². The van der Waals surface area contributed by atoms with Crippen LogP contribution in [-0.2, 0) is 9.47 Å². The third-order valence-corrected chi connectivity index (χ3v) is 2.55. The maximum absolute atomic E-state index is 5.96. The van der Waals surface area contributed by atoms with Gasteiger partial charge in [-0.3, -0.25) is 0 Å². The van der Waals surface area contributed by atoms with Crippen molar-refractivity contribution in [1.82, 2.24) is 0 Å². The van der Waals surface area contributed by atoms with E-state index in [1.165, 1.54) is 14.2 Å². The molecule has 78 valence electrons. The van der Waals surface area contributed by atoms with Crippen LogP contribution >= 0.6 is 34.8 Å². The van der Waals surface area contributed by atoms with Crippen molar-refractivity contribution in [3.05, 3.63) is 32.8 Å². The second-order valence-corrected chi connectivity index (χ2v) is 3.84. The molecule has 0 unspecified atom stereocenters. The molecule has 0 amide bonds. The van der Waals surface area contributed by atoms with E-state index in [1.807, 2.05) is 0 Å². The largest absolute Gasteiger partial charge is 0.352 e. The first-order chi connectivity index (χ1) is 6.60. The van der Waals surface area contributed by atoms with Crippen LogP contribution in [0.25, 0.3) is 0 Å². The predicted molar refractivity (Wildman–Crippen MR) is 58.2 cm³/mol. The second-order valence-electron chi connectivity index (χ2n) is 2.59. The summed E-state index contributed by atoms with van der Waals surface area (Å²) in [6.07, 6.45) is -0.577. The van der Waals surface area contributed by atoms with E-state index in [0.717, 1.165) is 0 Å². The zero-order valence-corrected chi connectivity index (χ0v) is 9.95. The minimum atomic E-state index is -0.577. The summed E-state index contributed by atoms with van der Waals surface area (Å²) in [4.78, 5) is 0. The van der Waals surface area contributed by atoms with Gasteiger partial charge in [0.25, 0.3) is 0 Å². The molecular weight excluding hydrogens is 246 g/mol. The molecule has 0 aliphatic rings. The molecule has 5 heteroatoms. The minimum Gasteiger partial charge on any atom is -0.352 e. The van der Waals surface area contributed by atoms with Crippen molar-refractivity contribution >= 4 is 34.8 Å². The molecule has 0 radical (unpaired) electrons. The van der Waals surface area contributed by atoms with Gasteiger partial charge in [-0.25, -0.2) is 0 Å². The van der Waals surface area contributed by atoms with Crippen molar-refractivity contribution in [2.24, 2.45) is 0 Å². The highest BCUT2D eigenvalue weighted by Gasteiger charge is 2.17. The lowest BCUT2D eigenvalue weighted by molar-refractivity contribution is -0.105. The first-order valence-corrected chi connectivity index (χ1v) is 4.93. The number of methoxy groups -OCH3 is 2. The Hall–Kier alpha value is 0.01000. The molecule has 0 N–H and O–H groups in total. The molecule has 0 spiro atoms. The summed E-state index contributed by atoms with van der Waals surface area (Å²) in [7, 11) is 3.02. The highest BCUT2D eigenvalue weighted by atomic mass is 35.5. The molecule has 1 aromatic rings. The molecule has 0 aliphatic carbocycles. The number of hydrogen-bond donors (Lipinski definition) is 0. The molecule has 0 fully saturated rings. The van der Waals surface area contributed by atoms with E-state index in [-0.39, 0.29) is 0 Å². The van der Waals surface area contributed by atoms with E-state index >= 15 is 0 Å². The Morgan fingerprint density at radius 3 is 1.79 bits per heavy atom. The van der Waals surface area contributed by atoms with Crippen molar-refractivity contribution in [2.45, 2.75) is 6.29 Å². The molecule has 0 atom stereocenters. The fraction of sp³-hybridized carbons (Fsp3) is 0.333. The average Bonchev–Trinajstić information content (AvgIpc) is 2.10. The summed E-state index contributed by atoms with van der Waals surface area (Å²) in [5.74, 6) is 0. The number of hydrogen-bond acceptors (Lipinski definition) is 2. The van der Waals surface area contributed by atoms with Crippen LogP contribution < -0.4 is 0 Å². The lowest BCUT2D eigenvalue weighted by Crippen LogP contribution is -2.05. The van der Waals surface area contributed by atoms with Crippen LogP contribution in [0.3, 0.4) is 0 Å². The summed E-state index contributed by atoms with van der Waals surface area (Å²) in [6.45, 7) is 0. The monoisotopic (exact) mass is 254 g/mol. The van der Waals surface area contributed by atoms with E-state index in [1.54, 1.807) is 12.1 Å². The van der Waals surface area contributed by atoms with E-state index in [9.17, 15) is 0 Å². The fourth-order valence-electron chi connectivity index (χ4n) is 1.11. The van der Waals surface area contributed by atoms with Gasteiger partial charge in [0.05, 0.1) is 10.0 Å². The topological polar surface area (TPSA) is 18.5 Å². The zero-order chi connectivity index (χ0) is 10.7. The third-order valence-electron chi connectivity index (χ3n) is 1.71. The summed E-state index contributed by atoms with van der Waals surface area (Å²) >= 11 is 17.7. The first kappa shape index (κ1) is 12.1. The molecule has 0 bridgehead atoms. The Morgan fingerprint density at radius 2 is 1.43 bits per heavy atom. The smallest absolute Gasteiger partial charge is 0.186 e. The molecule has 14 heavy (non-hydrogen) atoms. The predicted octanol–water partition coefficient (Wildman–Crippen LogP) is 3.94. The van der Waals surface area contributed by atoms with E-state index in [2.05, 4.69) is 0 Å². The van der Waals surface area contributed by atoms with E-state index < -0.39 is 6.29 Å². The van der Waals surface area contributed by atoms with Crippen LogP contribution in [0.4, 0.5) is 0 Å². The average molecular weight is 256 g/mol. The Balaban J connectivity index is 3.19. The van der Waals surface area contributed by atoms with Crippen LogP contribution in [-0.4, -0.2) is 14.2 Å². The van der Waals surface area contributed by atoms with Crippen LogP contribution in [0, 0.1) is 0 Å². The Labute approximate surface area is 97.7 Å². The lowest BCUT2D eigenvalue weighted by atomic mass is 10.2. The fourth-order valence-corrected chi connectivity index (χ4v) is 2.11. The molecule has 2 nitrogen and oxygen atoms in total. The molecule has 1 rings (SSSR count). The van der Waals surface area contributed by atoms with Gasteiger partial charge in [0.1, 0.15) is 0 Å². The molecule has 0 saturated heterocycles. The van der Waals surface area contributed by atoms with Crippen molar-refractivity contribution in [3.8, 4) is 0 Å². The lowest BCUT2D eigenvalue weighted by Gasteiger charge is -2.16. The van der Waals surface area contributed by atoms with Gasteiger partial charge in [-0.1, -0.05) is 34.8 Å². The van der Waals surface area contributed by atoms with Crippen molar-refractivity contribution in [1.29, 1.82) is 0 Å². The van der Waals surface area contributed by atoms with Crippen LogP contribution in [0.1, 0.15) is 11.9 Å². The zero-order valence-electron chi connectivity index (χ0n) is 7.68. The summed E-state index contributed by atoms with van der Waals surface area (Å²) in [5, 5.41) is 1.34. The first-order valence-electron chi connectivity index (χ1n) is 3.80. The Bertz CT molecular complexity index is 301. The Morgan fingerprint density at radius 1 is 1.00 bits per heavy atom. The number of rotatable bonds is 3. The third kappa shape index (κ3) is 2.53. The van der Waals surface area contributed by atoms with Gasteiger partial charge in [0, 0.05) is 24.8 Å². The molecule has 0 heterocycles. The minimum absolute atomic E-state index is 0.427. The molecule has 0 aromatic heterocycles. The van der Waals surface area contributed by atoms with Crippen molar-refractivity contribution < 1.29 is 9.47 Å². The molecular formula is C9H9Cl3O2. The number of ether oxygens (including phenoxy) is 2. The highest BCUT2D eigenvalue weighted by molar-refractivity contribution is 6.39. The summed E-state index contributed by atoms with van der Waals surface area (Å²) in [6, 6.07) is 3.19. The SMILES string of the molecule is COC(OC)c1c(Cl)cc(Cl)cc1Cl. The normalized spacial score (nSPS) is 11.0.